The molecule has 12 heteroatoms. The van der Waals surface area contributed by atoms with Crippen LogP contribution in [0, 0.1) is 0 Å². The maximum Gasteiger partial charge on any atom is 0.341 e. The summed E-state index contributed by atoms with van der Waals surface area (Å²) in [6, 6.07) is 5.00. The van der Waals surface area contributed by atoms with Gasteiger partial charge in [-0.2, -0.15) is 0 Å². The van der Waals surface area contributed by atoms with Gasteiger partial charge in [0.1, 0.15) is 30.1 Å². The van der Waals surface area contributed by atoms with Gasteiger partial charge in [-0.25, -0.2) is 4.79 Å². The van der Waals surface area contributed by atoms with Gasteiger partial charge < -0.3 is 33.7 Å². The van der Waals surface area contributed by atoms with E-state index in [4.69, 9.17) is 28.4 Å². The number of hydrogen-bond donors (Lipinski definition) is 1. The van der Waals surface area contributed by atoms with Gasteiger partial charge >= 0.3 is 23.9 Å². The smallest absolute Gasteiger partial charge is 0.341 e. The SMILES string of the molecule is CCOC(=O)c1ccccc1O[C@@H]1O[C@H](COC(C)=O)[C@@H](OC(C)=O)[C@@H](OC(C)=O)[C@@H]1NC(C)=O. The van der Waals surface area contributed by atoms with Crippen molar-refractivity contribution in [3.63, 3.8) is 0 Å². The summed E-state index contributed by atoms with van der Waals surface area (Å²) < 4.78 is 32.8. The molecule has 0 aliphatic carbocycles. The Balaban J connectivity index is 2.51. The monoisotopic (exact) mass is 495 g/mol. The van der Waals surface area contributed by atoms with E-state index in [2.05, 4.69) is 5.32 Å². The maximum absolute atomic E-state index is 12.4. The Morgan fingerprint density at radius 1 is 0.886 bits per heavy atom. The molecule has 12 nitrogen and oxygen atoms in total. The van der Waals surface area contributed by atoms with Crippen LogP contribution in [0.2, 0.25) is 0 Å². The second kappa shape index (κ2) is 12.7. The molecule has 2 rings (SSSR count). The molecule has 0 bridgehead atoms. The molecule has 1 fully saturated rings. The first-order valence-corrected chi connectivity index (χ1v) is 10.9. The number of esters is 4. The molecule has 0 aromatic heterocycles. The summed E-state index contributed by atoms with van der Waals surface area (Å²) in [5.74, 6) is -3.21. The highest BCUT2D eigenvalue weighted by Gasteiger charge is 2.52. The minimum Gasteiger partial charge on any atom is -0.463 e. The highest BCUT2D eigenvalue weighted by atomic mass is 16.7. The van der Waals surface area contributed by atoms with Crippen molar-refractivity contribution in [1.82, 2.24) is 5.32 Å². The van der Waals surface area contributed by atoms with E-state index in [0.29, 0.717) is 0 Å². The third kappa shape index (κ3) is 7.95. The molecule has 1 amide bonds. The summed E-state index contributed by atoms with van der Waals surface area (Å²) in [5, 5.41) is 2.59. The molecule has 1 aliphatic heterocycles. The third-order valence-electron chi connectivity index (χ3n) is 4.70. The van der Waals surface area contributed by atoms with Gasteiger partial charge in [-0.15, -0.1) is 0 Å². The van der Waals surface area contributed by atoms with Crippen LogP contribution in [-0.2, 0) is 42.9 Å². The molecule has 1 aromatic rings. The Kier molecular flexibility index (Phi) is 10.0. The second-order valence-corrected chi connectivity index (χ2v) is 7.55. The van der Waals surface area contributed by atoms with Crippen LogP contribution >= 0.6 is 0 Å². The molecule has 0 saturated carbocycles. The summed E-state index contributed by atoms with van der Waals surface area (Å²) in [7, 11) is 0. The lowest BCUT2D eigenvalue weighted by atomic mass is 9.96. The van der Waals surface area contributed by atoms with Gasteiger partial charge in [0.2, 0.25) is 12.2 Å². The highest BCUT2D eigenvalue weighted by Crippen LogP contribution is 2.30. The van der Waals surface area contributed by atoms with Gasteiger partial charge in [-0.3, -0.25) is 19.2 Å². The van der Waals surface area contributed by atoms with Crippen LogP contribution in [0.15, 0.2) is 24.3 Å². The predicted molar refractivity (Wildman–Crippen MR) is 117 cm³/mol. The second-order valence-electron chi connectivity index (χ2n) is 7.55. The van der Waals surface area contributed by atoms with Gasteiger partial charge in [-0.05, 0) is 19.1 Å². The van der Waals surface area contributed by atoms with Gasteiger partial charge in [-0.1, -0.05) is 12.1 Å². The van der Waals surface area contributed by atoms with Gasteiger partial charge in [0.25, 0.3) is 0 Å². The Hall–Kier alpha value is -3.67. The van der Waals surface area contributed by atoms with E-state index in [1.165, 1.54) is 26.0 Å². The lowest BCUT2D eigenvalue weighted by Gasteiger charge is -2.44. The molecule has 1 heterocycles. The van der Waals surface area contributed by atoms with E-state index in [1.807, 2.05) is 0 Å². The number of hydrogen-bond acceptors (Lipinski definition) is 11. The molecule has 1 aromatic carbocycles. The Morgan fingerprint density at radius 2 is 1.51 bits per heavy atom. The van der Waals surface area contributed by atoms with Gasteiger partial charge in [0, 0.05) is 27.7 Å². The molecule has 0 radical (unpaired) electrons. The third-order valence-corrected chi connectivity index (χ3v) is 4.70. The number of amides is 1. The molecule has 1 N–H and O–H groups in total. The zero-order valence-corrected chi connectivity index (χ0v) is 20.1. The lowest BCUT2D eigenvalue weighted by molar-refractivity contribution is -0.257. The van der Waals surface area contributed by atoms with Crippen molar-refractivity contribution in [2.45, 2.75) is 65.3 Å². The number of carbonyl (C=O) groups is 5. The molecule has 0 spiro atoms. The Labute approximate surface area is 202 Å². The van der Waals surface area contributed by atoms with E-state index in [0.717, 1.165) is 13.8 Å². The summed E-state index contributed by atoms with van der Waals surface area (Å²) in [4.78, 5) is 59.6. The van der Waals surface area contributed by atoms with Crippen molar-refractivity contribution in [3.8, 4) is 5.75 Å². The summed E-state index contributed by atoms with van der Waals surface area (Å²) in [6.07, 6.45) is -5.04. The molecule has 1 saturated heterocycles. The van der Waals surface area contributed by atoms with Gasteiger partial charge in [0.15, 0.2) is 12.2 Å². The zero-order valence-electron chi connectivity index (χ0n) is 20.1. The number of carbonyl (C=O) groups excluding carboxylic acids is 5. The highest BCUT2D eigenvalue weighted by molar-refractivity contribution is 5.92. The van der Waals surface area contributed by atoms with Crippen LogP contribution < -0.4 is 10.1 Å². The molecule has 5 atom stereocenters. The van der Waals surface area contributed by atoms with Gasteiger partial charge in [0.05, 0.1) is 6.61 Å². The van der Waals surface area contributed by atoms with Crippen molar-refractivity contribution in [2.24, 2.45) is 0 Å². The van der Waals surface area contributed by atoms with Crippen LogP contribution in [0.3, 0.4) is 0 Å². The fraction of sp³-hybridized carbons (Fsp3) is 0.522. The summed E-state index contributed by atoms with van der Waals surface area (Å²) in [6.45, 7) is 6.08. The first kappa shape index (κ1) is 27.6. The first-order chi connectivity index (χ1) is 16.5. The van der Waals surface area contributed by atoms with Crippen molar-refractivity contribution in [2.75, 3.05) is 13.2 Å². The van der Waals surface area contributed by atoms with E-state index in [9.17, 15) is 24.0 Å². The van der Waals surface area contributed by atoms with Crippen LogP contribution in [0.1, 0.15) is 45.0 Å². The average Bonchev–Trinajstić information content (AvgIpc) is 2.76. The molecular weight excluding hydrogens is 466 g/mol. The molecular formula is C23H29NO11. The standard InChI is InChI=1S/C23H29NO11/c1-6-30-22(29)16-9-7-8-10-17(16)34-23-19(24-12(2)25)21(33-15(5)28)20(32-14(4)27)18(35-23)11-31-13(3)26/h7-10,18-21,23H,6,11H2,1-5H3,(H,24,25)/t18-,19+,20-,21+,23-/m1/s1. The quantitative estimate of drug-likeness (QED) is 0.384. The number of para-hydroxylation sites is 1. The normalized spacial score (nSPS) is 23.4. The zero-order chi connectivity index (χ0) is 26.1. The first-order valence-electron chi connectivity index (χ1n) is 10.9. The number of nitrogens with one attached hydrogen (secondary N) is 1. The maximum atomic E-state index is 12.4. The topological polar surface area (TPSA) is 153 Å². The number of benzene rings is 1. The minimum absolute atomic E-state index is 0.0602. The number of ether oxygens (including phenoxy) is 6. The Morgan fingerprint density at radius 3 is 2.09 bits per heavy atom. The van der Waals surface area contributed by atoms with Crippen LogP contribution in [0.4, 0.5) is 0 Å². The van der Waals surface area contributed by atoms with Crippen LogP contribution in [0.5, 0.6) is 5.75 Å². The van der Waals surface area contributed by atoms with Crippen LogP contribution in [0.25, 0.3) is 0 Å². The van der Waals surface area contributed by atoms with Crippen LogP contribution in [-0.4, -0.2) is 73.6 Å². The summed E-state index contributed by atoms with van der Waals surface area (Å²) in [5.41, 5.74) is 0.0854. The fourth-order valence-corrected chi connectivity index (χ4v) is 3.46. The predicted octanol–water partition coefficient (Wildman–Crippen LogP) is 0.898. The van der Waals surface area contributed by atoms with E-state index < -0.39 is 60.4 Å². The van der Waals surface area contributed by atoms with E-state index in [-0.39, 0.29) is 24.5 Å². The van der Waals surface area contributed by atoms with E-state index in [1.54, 1.807) is 19.1 Å². The fourth-order valence-electron chi connectivity index (χ4n) is 3.46. The lowest BCUT2D eigenvalue weighted by Crippen LogP contribution is -2.67. The van der Waals surface area contributed by atoms with E-state index >= 15 is 0 Å². The largest absolute Gasteiger partial charge is 0.463 e. The minimum atomic E-state index is -1.36. The average molecular weight is 495 g/mol. The van der Waals surface area contributed by atoms with Crippen molar-refractivity contribution in [3.05, 3.63) is 29.8 Å². The van der Waals surface area contributed by atoms with Crippen molar-refractivity contribution < 1.29 is 52.4 Å². The molecule has 35 heavy (non-hydrogen) atoms. The Bertz CT molecular complexity index is 947. The molecule has 0 unspecified atom stereocenters. The molecule has 192 valence electrons. The van der Waals surface area contributed by atoms with Crippen molar-refractivity contribution in [1.29, 1.82) is 0 Å². The number of rotatable bonds is 9. The molecule has 1 aliphatic rings. The van der Waals surface area contributed by atoms with Crippen molar-refractivity contribution >= 4 is 29.8 Å². The summed E-state index contributed by atoms with van der Waals surface area (Å²) >= 11 is 0.